The monoisotopic (exact) mass is 169 g/mol. The van der Waals surface area contributed by atoms with Gasteiger partial charge in [-0.15, -0.1) is 0 Å². The minimum Gasteiger partial charge on any atom is -0.469 e. The Morgan fingerprint density at radius 3 is 3.17 bits per heavy atom. The normalized spacial score (nSPS) is 23.2. The predicted molar refractivity (Wildman–Crippen MR) is 46.8 cm³/mol. The molecule has 0 aromatic carbocycles. The first-order valence-corrected chi connectivity index (χ1v) is 4.30. The molecule has 68 valence electrons. The van der Waals surface area contributed by atoms with Gasteiger partial charge >= 0.3 is 5.97 Å². The van der Waals surface area contributed by atoms with E-state index in [-0.39, 0.29) is 5.97 Å². The van der Waals surface area contributed by atoms with Crippen LogP contribution in [0, 0.1) is 0 Å². The van der Waals surface area contributed by atoms with Crippen LogP contribution in [0.5, 0.6) is 0 Å². The van der Waals surface area contributed by atoms with Crippen LogP contribution < -0.4 is 5.32 Å². The third-order valence-electron chi connectivity index (χ3n) is 1.98. The van der Waals surface area contributed by atoms with Gasteiger partial charge in [-0.3, -0.25) is 4.79 Å². The first-order valence-electron chi connectivity index (χ1n) is 4.30. The SMILES string of the molecule is COC(=O)C/C=C\C1CCCN1. The zero-order chi connectivity index (χ0) is 8.81. The maximum atomic E-state index is 10.7. The lowest BCUT2D eigenvalue weighted by Crippen LogP contribution is -2.18. The molecule has 3 nitrogen and oxygen atoms in total. The predicted octanol–water partition coefficient (Wildman–Crippen LogP) is 0.858. The lowest BCUT2D eigenvalue weighted by Gasteiger charge is -2.01. The molecular weight excluding hydrogens is 154 g/mol. The molecule has 0 saturated carbocycles. The standard InChI is InChI=1S/C9H15NO2/c1-12-9(11)6-2-4-8-5-3-7-10-8/h2,4,8,10H,3,5-7H2,1H3/b4-2-. The Hall–Kier alpha value is -0.830. The topological polar surface area (TPSA) is 38.3 Å². The number of esters is 1. The summed E-state index contributed by atoms with van der Waals surface area (Å²) >= 11 is 0. The molecule has 0 amide bonds. The van der Waals surface area contributed by atoms with Gasteiger partial charge in [0.15, 0.2) is 0 Å². The lowest BCUT2D eigenvalue weighted by atomic mass is 10.2. The van der Waals surface area contributed by atoms with Gasteiger partial charge in [-0.1, -0.05) is 12.2 Å². The summed E-state index contributed by atoms with van der Waals surface area (Å²) in [5, 5.41) is 3.31. The van der Waals surface area contributed by atoms with Crippen LogP contribution >= 0.6 is 0 Å². The Labute approximate surface area is 72.8 Å². The van der Waals surface area contributed by atoms with Gasteiger partial charge in [-0.05, 0) is 19.4 Å². The van der Waals surface area contributed by atoms with Crippen molar-refractivity contribution >= 4 is 5.97 Å². The number of methoxy groups -OCH3 is 1. The summed E-state index contributed by atoms with van der Waals surface area (Å²) in [5.41, 5.74) is 0. The van der Waals surface area contributed by atoms with Crippen LogP contribution in [0.25, 0.3) is 0 Å². The quantitative estimate of drug-likeness (QED) is 0.503. The third kappa shape index (κ3) is 3.05. The van der Waals surface area contributed by atoms with Crippen LogP contribution in [0.15, 0.2) is 12.2 Å². The largest absolute Gasteiger partial charge is 0.469 e. The third-order valence-corrected chi connectivity index (χ3v) is 1.98. The molecule has 1 aliphatic heterocycles. The van der Waals surface area contributed by atoms with Crippen molar-refractivity contribution < 1.29 is 9.53 Å². The van der Waals surface area contributed by atoms with E-state index in [1.54, 1.807) is 0 Å². The molecule has 1 unspecified atom stereocenters. The number of carbonyl (C=O) groups excluding carboxylic acids is 1. The number of ether oxygens (including phenoxy) is 1. The Morgan fingerprint density at radius 2 is 2.58 bits per heavy atom. The fourth-order valence-electron chi connectivity index (χ4n) is 1.29. The maximum absolute atomic E-state index is 10.7. The van der Waals surface area contributed by atoms with Gasteiger partial charge in [0.2, 0.25) is 0 Å². The van der Waals surface area contributed by atoms with Crippen molar-refractivity contribution in [3.63, 3.8) is 0 Å². The molecule has 1 N–H and O–H groups in total. The van der Waals surface area contributed by atoms with Crippen LogP contribution in [-0.2, 0) is 9.53 Å². The maximum Gasteiger partial charge on any atom is 0.309 e. The van der Waals surface area contributed by atoms with Crippen molar-refractivity contribution in [3.8, 4) is 0 Å². The van der Waals surface area contributed by atoms with E-state index in [0.29, 0.717) is 12.5 Å². The van der Waals surface area contributed by atoms with E-state index >= 15 is 0 Å². The van der Waals surface area contributed by atoms with Gasteiger partial charge < -0.3 is 10.1 Å². The highest BCUT2D eigenvalue weighted by Gasteiger charge is 2.09. The van der Waals surface area contributed by atoms with E-state index in [2.05, 4.69) is 10.1 Å². The second-order valence-electron chi connectivity index (χ2n) is 2.91. The van der Waals surface area contributed by atoms with Crippen LogP contribution in [0.2, 0.25) is 0 Å². The smallest absolute Gasteiger partial charge is 0.309 e. The Kier molecular flexibility index (Phi) is 3.80. The van der Waals surface area contributed by atoms with Gasteiger partial charge in [0.1, 0.15) is 0 Å². The second-order valence-corrected chi connectivity index (χ2v) is 2.91. The van der Waals surface area contributed by atoms with E-state index in [4.69, 9.17) is 0 Å². The zero-order valence-corrected chi connectivity index (χ0v) is 7.38. The summed E-state index contributed by atoms with van der Waals surface area (Å²) in [4.78, 5) is 10.7. The first-order chi connectivity index (χ1) is 5.83. The molecule has 0 aromatic rings. The average molecular weight is 169 g/mol. The Bertz CT molecular complexity index is 171. The summed E-state index contributed by atoms with van der Waals surface area (Å²) in [6, 6.07) is 0.467. The average Bonchev–Trinajstić information content (AvgIpc) is 2.57. The molecule has 1 heterocycles. The van der Waals surface area contributed by atoms with Crippen molar-refractivity contribution in [2.75, 3.05) is 13.7 Å². The summed E-state index contributed by atoms with van der Waals surface area (Å²) < 4.78 is 4.50. The van der Waals surface area contributed by atoms with E-state index in [1.165, 1.54) is 20.0 Å². The first kappa shape index (κ1) is 9.26. The number of carbonyl (C=O) groups is 1. The molecule has 0 aliphatic carbocycles. The molecule has 3 heteroatoms. The van der Waals surface area contributed by atoms with Gasteiger partial charge in [0, 0.05) is 6.04 Å². The number of hydrogen-bond donors (Lipinski definition) is 1. The number of hydrogen-bond acceptors (Lipinski definition) is 3. The summed E-state index contributed by atoms with van der Waals surface area (Å²) in [7, 11) is 1.41. The highest BCUT2D eigenvalue weighted by atomic mass is 16.5. The van der Waals surface area contributed by atoms with E-state index in [0.717, 1.165) is 6.54 Å². The van der Waals surface area contributed by atoms with Crippen LogP contribution in [0.3, 0.4) is 0 Å². The van der Waals surface area contributed by atoms with Crippen LogP contribution in [0.4, 0.5) is 0 Å². The summed E-state index contributed by atoms with van der Waals surface area (Å²) in [6.07, 6.45) is 6.71. The number of nitrogens with one attached hydrogen (secondary N) is 1. The van der Waals surface area contributed by atoms with Crippen molar-refractivity contribution in [2.24, 2.45) is 0 Å². The van der Waals surface area contributed by atoms with Gasteiger partial charge in [0.05, 0.1) is 13.5 Å². The molecular formula is C9H15NO2. The van der Waals surface area contributed by atoms with E-state index in [9.17, 15) is 4.79 Å². The van der Waals surface area contributed by atoms with Crippen molar-refractivity contribution in [1.29, 1.82) is 0 Å². The van der Waals surface area contributed by atoms with E-state index < -0.39 is 0 Å². The van der Waals surface area contributed by atoms with Crippen molar-refractivity contribution in [2.45, 2.75) is 25.3 Å². The molecule has 12 heavy (non-hydrogen) atoms. The molecule has 1 aliphatic rings. The zero-order valence-electron chi connectivity index (χ0n) is 7.38. The minimum absolute atomic E-state index is 0.177. The van der Waals surface area contributed by atoms with Crippen LogP contribution in [-0.4, -0.2) is 25.7 Å². The molecule has 1 rings (SSSR count). The van der Waals surface area contributed by atoms with Gasteiger partial charge in [0.25, 0.3) is 0 Å². The molecule has 0 bridgehead atoms. The van der Waals surface area contributed by atoms with E-state index in [1.807, 2.05) is 12.2 Å². The molecule has 0 radical (unpaired) electrons. The highest BCUT2D eigenvalue weighted by Crippen LogP contribution is 2.06. The molecule has 0 aromatic heterocycles. The fraction of sp³-hybridized carbons (Fsp3) is 0.667. The summed E-state index contributed by atoms with van der Waals surface area (Å²) in [6.45, 7) is 1.09. The highest BCUT2D eigenvalue weighted by molar-refractivity contribution is 5.70. The van der Waals surface area contributed by atoms with Gasteiger partial charge in [-0.25, -0.2) is 0 Å². The lowest BCUT2D eigenvalue weighted by molar-refractivity contribution is -0.139. The molecule has 1 atom stereocenters. The Morgan fingerprint density at radius 1 is 1.75 bits per heavy atom. The Balaban J connectivity index is 2.16. The fourth-order valence-corrected chi connectivity index (χ4v) is 1.29. The molecule has 1 fully saturated rings. The molecule has 0 spiro atoms. The summed E-state index contributed by atoms with van der Waals surface area (Å²) in [5.74, 6) is -0.177. The minimum atomic E-state index is -0.177. The van der Waals surface area contributed by atoms with Crippen LogP contribution in [0.1, 0.15) is 19.3 Å². The van der Waals surface area contributed by atoms with Crippen molar-refractivity contribution in [1.82, 2.24) is 5.32 Å². The van der Waals surface area contributed by atoms with Crippen molar-refractivity contribution in [3.05, 3.63) is 12.2 Å². The number of rotatable bonds is 3. The van der Waals surface area contributed by atoms with Gasteiger partial charge in [-0.2, -0.15) is 0 Å². The molecule has 1 saturated heterocycles. The second kappa shape index (κ2) is 4.93.